The number of benzene rings is 2. The van der Waals surface area contributed by atoms with E-state index in [1.165, 1.54) is 13.3 Å². The molecule has 2 N–H and O–H groups in total. The summed E-state index contributed by atoms with van der Waals surface area (Å²) >= 11 is 6.00. The molecule has 28 heavy (non-hydrogen) atoms. The number of aromatic nitrogens is 1. The van der Waals surface area contributed by atoms with Gasteiger partial charge in [-0.2, -0.15) is 0 Å². The van der Waals surface area contributed by atoms with E-state index in [1.54, 1.807) is 37.4 Å². The fourth-order valence-electron chi connectivity index (χ4n) is 2.63. The van der Waals surface area contributed by atoms with Crippen LogP contribution in [0.5, 0.6) is 11.5 Å². The molecule has 7 heteroatoms. The van der Waals surface area contributed by atoms with E-state index in [-0.39, 0.29) is 5.91 Å². The number of nitrogens with one attached hydrogen (secondary N) is 2. The zero-order valence-electron chi connectivity index (χ0n) is 15.7. The van der Waals surface area contributed by atoms with E-state index >= 15 is 0 Å². The van der Waals surface area contributed by atoms with Gasteiger partial charge in [0.25, 0.3) is 5.91 Å². The second kappa shape index (κ2) is 8.63. The molecule has 3 aromatic rings. The highest BCUT2D eigenvalue weighted by molar-refractivity contribution is 6.31. The highest BCUT2D eigenvalue weighted by Gasteiger charge is 2.11. The van der Waals surface area contributed by atoms with Gasteiger partial charge in [-0.15, -0.1) is 0 Å². The molecule has 0 spiro atoms. The summed E-state index contributed by atoms with van der Waals surface area (Å²) in [5.41, 5.74) is 2.79. The highest BCUT2D eigenvalue weighted by atomic mass is 35.5. The summed E-state index contributed by atoms with van der Waals surface area (Å²) in [5, 5.41) is 6.49. The van der Waals surface area contributed by atoms with E-state index in [2.05, 4.69) is 15.6 Å². The third-order valence-electron chi connectivity index (χ3n) is 4.05. The van der Waals surface area contributed by atoms with Crippen molar-refractivity contribution in [3.8, 4) is 11.5 Å². The van der Waals surface area contributed by atoms with Gasteiger partial charge < -0.3 is 20.1 Å². The number of ether oxygens (including phenoxy) is 2. The van der Waals surface area contributed by atoms with Crippen molar-refractivity contribution in [2.75, 3.05) is 24.9 Å². The lowest BCUT2D eigenvalue weighted by atomic mass is 10.2. The smallest absolute Gasteiger partial charge is 0.257 e. The van der Waals surface area contributed by atoms with Crippen molar-refractivity contribution in [2.45, 2.75) is 6.92 Å². The Kier molecular flexibility index (Phi) is 6.01. The number of hydrogen-bond donors (Lipinski definition) is 2. The van der Waals surface area contributed by atoms with Gasteiger partial charge in [-0.25, -0.2) is 4.98 Å². The maximum Gasteiger partial charge on any atom is 0.257 e. The van der Waals surface area contributed by atoms with Gasteiger partial charge in [-0.05, 0) is 55.0 Å². The fourth-order valence-corrected chi connectivity index (χ4v) is 2.80. The minimum atomic E-state index is -0.312. The van der Waals surface area contributed by atoms with Gasteiger partial charge in [0.15, 0.2) is 0 Å². The zero-order chi connectivity index (χ0) is 20.1. The van der Waals surface area contributed by atoms with Gasteiger partial charge in [-0.3, -0.25) is 4.79 Å². The molecule has 0 radical (unpaired) electrons. The first-order valence-electron chi connectivity index (χ1n) is 8.53. The predicted molar refractivity (Wildman–Crippen MR) is 111 cm³/mol. The molecule has 0 saturated carbocycles. The number of anilines is 3. The Bertz CT molecular complexity index is 991. The predicted octanol–water partition coefficient (Wildman–Crippen LogP) is 5.06. The highest BCUT2D eigenvalue weighted by Crippen LogP contribution is 2.29. The summed E-state index contributed by atoms with van der Waals surface area (Å²) in [6, 6.07) is 14.2. The Morgan fingerprint density at radius 1 is 0.964 bits per heavy atom. The first-order chi connectivity index (χ1) is 13.5. The molecule has 1 heterocycles. The number of methoxy groups -OCH3 is 2. The molecular formula is C21H20ClN3O3. The quantitative estimate of drug-likeness (QED) is 0.608. The Morgan fingerprint density at radius 2 is 1.68 bits per heavy atom. The standard InChI is InChI=1S/C21H20ClN3O3/c1-13-4-7-18(27-2)16(10-13)24-20-9-5-14(12-23-20)21(26)25-17-11-15(22)6-8-19(17)28-3/h4-12H,1-3H3,(H,23,24)(H,25,26). The summed E-state index contributed by atoms with van der Waals surface area (Å²) in [7, 11) is 3.14. The van der Waals surface area contributed by atoms with E-state index in [0.717, 1.165) is 11.3 Å². The Labute approximate surface area is 168 Å². The molecule has 0 atom stereocenters. The van der Waals surface area contributed by atoms with Gasteiger partial charge in [-0.1, -0.05) is 17.7 Å². The maximum absolute atomic E-state index is 12.5. The number of carbonyl (C=O) groups is 1. The molecule has 0 aliphatic rings. The van der Waals surface area contributed by atoms with Crippen LogP contribution in [-0.2, 0) is 0 Å². The van der Waals surface area contributed by atoms with Gasteiger partial charge in [0.2, 0.25) is 0 Å². The molecule has 6 nitrogen and oxygen atoms in total. The van der Waals surface area contributed by atoms with E-state index in [0.29, 0.717) is 33.6 Å². The second-order valence-electron chi connectivity index (χ2n) is 6.06. The summed E-state index contributed by atoms with van der Waals surface area (Å²) < 4.78 is 10.6. The van der Waals surface area contributed by atoms with Gasteiger partial charge in [0.05, 0.1) is 31.2 Å². The number of hydrogen-bond acceptors (Lipinski definition) is 5. The van der Waals surface area contributed by atoms with Crippen LogP contribution in [-0.4, -0.2) is 25.1 Å². The minimum Gasteiger partial charge on any atom is -0.495 e. The molecule has 1 aromatic heterocycles. The Morgan fingerprint density at radius 3 is 2.36 bits per heavy atom. The second-order valence-corrected chi connectivity index (χ2v) is 6.50. The summed E-state index contributed by atoms with van der Waals surface area (Å²) in [5.74, 6) is 1.52. The average Bonchev–Trinajstić information content (AvgIpc) is 2.69. The lowest BCUT2D eigenvalue weighted by Gasteiger charge is -2.12. The molecule has 2 aromatic carbocycles. The Hall–Kier alpha value is -3.25. The van der Waals surface area contributed by atoms with Crippen LogP contribution in [0.15, 0.2) is 54.7 Å². The molecule has 0 fully saturated rings. The molecule has 144 valence electrons. The number of aryl methyl sites for hydroxylation is 1. The summed E-state index contributed by atoms with van der Waals surface area (Å²) in [6.45, 7) is 2.00. The molecule has 0 unspecified atom stereocenters. The largest absolute Gasteiger partial charge is 0.495 e. The number of rotatable bonds is 6. The number of carbonyl (C=O) groups excluding carboxylic acids is 1. The van der Waals surface area contributed by atoms with Crippen molar-refractivity contribution in [2.24, 2.45) is 0 Å². The van der Waals surface area contributed by atoms with Crippen molar-refractivity contribution in [3.63, 3.8) is 0 Å². The van der Waals surface area contributed by atoms with Crippen molar-refractivity contribution in [1.29, 1.82) is 0 Å². The van der Waals surface area contributed by atoms with Crippen molar-refractivity contribution in [3.05, 3.63) is 70.9 Å². The zero-order valence-corrected chi connectivity index (χ0v) is 16.5. The fraction of sp³-hybridized carbons (Fsp3) is 0.143. The van der Waals surface area contributed by atoms with Crippen LogP contribution in [0, 0.1) is 6.92 Å². The average molecular weight is 398 g/mol. The lowest BCUT2D eigenvalue weighted by Crippen LogP contribution is -2.13. The normalized spacial score (nSPS) is 10.3. The van der Waals surface area contributed by atoms with Crippen LogP contribution in [0.4, 0.5) is 17.2 Å². The van der Waals surface area contributed by atoms with Gasteiger partial charge >= 0.3 is 0 Å². The molecule has 0 saturated heterocycles. The van der Waals surface area contributed by atoms with Crippen molar-refractivity contribution in [1.82, 2.24) is 4.98 Å². The SMILES string of the molecule is COc1ccc(Cl)cc1NC(=O)c1ccc(Nc2cc(C)ccc2OC)nc1. The van der Waals surface area contributed by atoms with E-state index < -0.39 is 0 Å². The van der Waals surface area contributed by atoms with Crippen LogP contribution >= 0.6 is 11.6 Å². The molecule has 1 amide bonds. The monoisotopic (exact) mass is 397 g/mol. The van der Waals surface area contributed by atoms with Crippen molar-refractivity contribution >= 4 is 34.7 Å². The van der Waals surface area contributed by atoms with E-state index in [4.69, 9.17) is 21.1 Å². The molecular weight excluding hydrogens is 378 g/mol. The maximum atomic E-state index is 12.5. The third kappa shape index (κ3) is 4.53. The van der Waals surface area contributed by atoms with Crippen LogP contribution in [0.1, 0.15) is 15.9 Å². The lowest BCUT2D eigenvalue weighted by molar-refractivity contribution is 0.102. The molecule has 0 aliphatic carbocycles. The van der Waals surface area contributed by atoms with Crippen LogP contribution < -0.4 is 20.1 Å². The van der Waals surface area contributed by atoms with Gasteiger partial charge in [0.1, 0.15) is 17.3 Å². The Balaban J connectivity index is 1.75. The molecule has 0 bridgehead atoms. The number of amides is 1. The number of nitrogens with zero attached hydrogens (tertiary/aromatic N) is 1. The first-order valence-corrected chi connectivity index (χ1v) is 8.90. The van der Waals surface area contributed by atoms with Gasteiger partial charge in [0, 0.05) is 11.2 Å². The van der Waals surface area contributed by atoms with E-state index in [1.807, 2.05) is 25.1 Å². The minimum absolute atomic E-state index is 0.312. The third-order valence-corrected chi connectivity index (χ3v) is 4.29. The van der Waals surface area contributed by atoms with Crippen LogP contribution in [0.2, 0.25) is 5.02 Å². The van der Waals surface area contributed by atoms with Crippen molar-refractivity contribution < 1.29 is 14.3 Å². The van der Waals surface area contributed by atoms with Crippen LogP contribution in [0.25, 0.3) is 0 Å². The van der Waals surface area contributed by atoms with E-state index in [9.17, 15) is 4.79 Å². The molecule has 0 aliphatic heterocycles. The molecule has 3 rings (SSSR count). The number of halogens is 1. The first kappa shape index (κ1) is 19.5. The number of pyridine rings is 1. The summed E-state index contributed by atoms with van der Waals surface area (Å²) in [4.78, 5) is 16.8. The topological polar surface area (TPSA) is 72.5 Å². The summed E-state index contributed by atoms with van der Waals surface area (Å²) in [6.07, 6.45) is 1.50. The van der Waals surface area contributed by atoms with Crippen LogP contribution in [0.3, 0.4) is 0 Å².